The number of rotatable bonds is 6. The topological polar surface area (TPSA) is 65.4 Å². The molecular formula is C22H25N3O3. The van der Waals surface area contributed by atoms with Crippen LogP contribution in [0.25, 0.3) is 11.0 Å². The van der Waals surface area contributed by atoms with Crippen LogP contribution in [0.3, 0.4) is 0 Å². The van der Waals surface area contributed by atoms with Gasteiger partial charge in [0.15, 0.2) is 18.1 Å². The first-order valence-corrected chi connectivity index (χ1v) is 9.61. The van der Waals surface area contributed by atoms with Crippen molar-refractivity contribution in [3.8, 4) is 11.5 Å². The number of hydrogen-bond acceptors (Lipinski definition) is 4. The van der Waals surface area contributed by atoms with E-state index in [1.807, 2.05) is 56.3 Å². The Labute approximate surface area is 164 Å². The lowest BCUT2D eigenvalue weighted by molar-refractivity contribution is -0.123. The highest BCUT2D eigenvalue weighted by molar-refractivity contribution is 5.78. The summed E-state index contributed by atoms with van der Waals surface area (Å²) in [4.78, 5) is 16.9. The zero-order valence-corrected chi connectivity index (χ0v) is 16.5. The summed E-state index contributed by atoms with van der Waals surface area (Å²) in [6.45, 7) is 7.26. The molecule has 0 fully saturated rings. The lowest BCUT2D eigenvalue weighted by atomic mass is 10.0. The molecule has 2 aromatic carbocycles. The number of aryl methyl sites for hydroxylation is 1. The predicted octanol–water partition coefficient (Wildman–Crippen LogP) is 3.46. The van der Waals surface area contributed by atoms with E-state index in [9.17, 15) is 4.79 Å². The van der Waals surface area contributed by atoms with Gasteiger partial charge in [0.2, 0.25) is 0 Å². The summed E-state index contributed by atoms with van der Waals surface area (Å²) in [5.41, 5.74) is 2.87. The molecule has 0 unspecified atom stereocenters. The Morgan fingerprint density at radius 3 is 2.89 bits per heavy atom. The quantitative estimate of drug-likeness (QED) is 0.712. The molecule has 0 bridgehead atoms. The van der Waals surface area contributed by atoms with Crippen molar-refractivity contribution in [2.75, 3.05) is 6.61 Å². The van der Waals surface area contributed by atoms with Crippen LogP contribution in [0, 0.1) is 0 Å². The average molecular weight is 379 g/mol. The third-order valence-electron chi connectivity index (χ3n) is 4.91. The zero-order chi connectivity index (χ0) is 19.7. The molecule has 6 heteroatoms. The number of aromatic nitrogens is 2. The Kier molecular flexibility index (Phi) is 4.71. The van der Waals surface area contributed by atoms with Gasteiger partial charge in [-0.05, 0) is 39.0 Å². The number of amides is 1. The molecule has 4 rings (SSSR count). The molecule has 1 aliphatic heterocycles. The van der Waals surface area contributed by atoms with E-state index in [-0.39, 0.29) is 18.1 Å². The van der Waals surface area contributed by atoms with Gasteiger partial charge in [-0.1, -0.05) is 24.3 Å². The van der Waals surface area contributed by atoms with Crippen molar-refractivity contribution in [2.24, 2.45) is 0 Å². The van der Waals surface area contributed by atoms with Crippen LogP contribution in [0.15, 0.2) is 42.5 Å². The van der Waals surface area contributed by atoms with Gasteiger partial charge in [-0.3, -0.25) is 4.79 Å². The maximum Gasteiger partial charge on any atom is 0.258 e. The van der Waals surface area contributed by atoms with Crippen molar-refractivity contribution < 1.29 is 14.3 Å². The first-order valence-electron chi connectivity index (χ1n) is 9.61. The van der Waals surface area contributed by atoms with E-state index in [1.54, 1.807) is 0 Å². The molecular weight excluding hydrogens is 354 g/mol. The van der Waals surface area contributed by atoms with E-state index >= 15 is 0 Å². The molecule has 146 valence electrons. The molecule has 2 heterocycles. The Bertz CT molecular complexity index is 1020. The number of imidazole rings is 1. The molecule has 6 nitrogen and oxygen atoms in total. The molecule has 1 amide bonds. The van der Waals surface area contributed by atoms with Gasteiger partial charge < -0.3 is 19.4 Å². The Morgan fingerprint density at radius 1 is 1.25 bits per heavy atom. The third kappa shape index (κ3) is 3.54. The minimum absolute atomic E-state index is 0.0629. The number of ether oxygens (including phenoxy) is 2. The number of hydrogen-bond donors (Lipinski definition) is 1. The summed E-state index contributed by atoms with van der Waals surface area (Å²) < 4.78 is 13.8. The van der Waals surface area contributed by atoms with E-state index in [0.29, 0.717) is 12.3 Å². The second kappa shape index (κ2) is 7.19. The fourth-order valence-corrected chi connectivity index (χ4v) is 3.69. The van der Waals surface area contributed by atoms with Gasteiger partial charge in [0, 0.05) is 18.5 Å². The molecule has 0 saturated heterocycles. The Morgan fingerprint density at radius 2 is 2.07 bits per heavy atom. The van der Waals surface area contributed by atoms with Crippen LogP contribution in [-0.2, 0) is 24.3 Å². The molecule has 0 aliphatic carbocycles. The van der Waals surface area contributed by atoms with Gasteiger partial charge in [0.1, 0.15) is 11.4 Å². The Hall–Kier alpha value is -3.02. The molecule has 0 spiro atoms. The Balaban J connectivity index is 1.39. The maximum absolute atomic E-state index is 12.3. The molecule has 1 aromatic heterocycles. The fraction of sp³-hybridized carbons (Fsp3) is 0.364. The maximum atomic E-state index is 12.3. The van der Waals surface area contributed by atoms with Crippen molar-refractivity contribution in [3.63, 3.8) is 0 Å². The third-order valence-corrected chi connectivity index (χ3v) is 4.91. The fourth-order valence-electron chi connectivity index (χ4n) is 3.69. The molecule has 1 aliphatic rings. The van der Waals surface area contributed by atoms with Crippen molar-refractivity contribution in [1.82, 2.24) is 14.9 Å². The zero-order valence-electron chi connectivity index (χ0n) is 16.5. The van der Waals surface area contributed by atoms with Crippen LogP contribution in [0.4, 0.5) is 0 Å². The number of benzene rings is 2. The van der Waals surface area contributed by atoms with Crippen LogP contribution in [0.1, 0.15) is 32.2 Å². The van der Waals surface area contributed by atoms with Crippen LogP contribution in [0.2, 0.25) is 0 Å². The first-order chi connectivity index (χ1) is 13.5. The highest BCUT2D eigenvalue weighted by Crippen LogP contribution is 2.41. The van der Waals surface area contributed by atoms with E-state index in [0.717, 1.165) is 41.1 Å². The SMILES string of the molecule is CCn1c(CNC(=O)COc2cccc3c2OC(C)(C)C3)nc2ccccc21. The van der Waals surface area contributed by atoms with Crippen LogP contribution >= 0.6 is 0 Å². The lowest BCUT2D eigenvalue weighted by Crippen LogP contribution is -2.29. The van der Waals surface area contributed by atoms with Crippen molar-refractivity contribution in [3.05, 3.63) is 53.9 Å². The molecule has 0 radical (unpaired) electrons. The van der Waals surface area contributed by atoms with Gasteiger partial charge in [0.25, 0.3) is 5.91 Å². The van der Waals surface area contributed by atoms with Gasteiger partial charge in [-0.2, -0.15) is 0 Å². The number of nitrogens with one attached hydrogen (secondary N) is 1. The summed E-state index contributed by atoms with van der Waals surface area (Å²) in [6.07, 6.45) is 0.832. The molecule has 0 atom stereocenters. The first kappa shape index (κ1) is 18.3. The van der Waals surface area contributed by atoms with Crippen LogP contribution < -0.4 is 14.8 Å². The number of carbonyl (C=O) groups excluding carboxylic acids is 1. The highest BCUT2D eigenvalue weighted by Gasteiger charge is 2.32. The molecule has 3 aromatic rings. The second-order valence-corrected chi connectivity index (χ2v) is 7.61. The lowest BCUT2D eigenvalue weighted by Gasteiger charge is -2.18. The van der Waals surface area contributed by atoms with E-state index in [4.69, 9.17) is 9.47 Å². The summed E-state index contributed by atoms with van der Waals surface area (Å²) in [5, 5.41) is 2.90. The molecule has 0 saturated carbocycles. The summed E-state index contributed by atoms with van der Waals surface area (Å²) >= 11 is 0. The normalized spacial score (nSPS) is 14.5. The van der Waals surface area contributed by atoms with E-state index < -0.39 is 0 Å². The van der Waals surface area contributed by atoms with E-state index in [1.165, 1.54) is 0 Å². The van der Waals surface area contributed by atoms with Crippen molar-refractivity contribution >= 4 is 16.9 Å². The number of fused-ring (bicyclic) bond motifs is 2. The average Bonchev–Trinajstić information content (AvgIpc) is 3.19. The monoisotopic (exact) mass is 379 g/mol. The number of para-hydroxylation sites is 3. The smallest absolute Gasteiger partial charge is 0.258 e. The summed E-state index contributed by atoms with van der Waals surface area (Å²) in [6, 6.07) is 13.8. The minimum Gasteiger partial charge on any atom is -0.483 e. The molecule has 28 heavy (non-hydrogen) atoms. The van der Waals surface area contributed by atoms with E-state index in [2.05, 4.69) is 21.8 Å². The standard InChI is InChI=1S/C22H25N3O3/c1-4-25-17-10-6-5-9-16(17)24-19(25)13-23-20(26)14-27-18-11-7-8-15-12-22(2,3)28-21(15)18/h5-11H,4,12-14H2,1-3H3,(H,23,26). The number of nitrogens with zero attached hydrogens (tertiary/aromatic N) is 2. The predicted molar refractivity (Wildman–Crippen MR) is 108 cm³/mol. The van der Waals surface area contributed by atoms with Gasteiger partial charge in [0.05, 0.1) is 17.6 Å². The van der Waals surface area contributed by atoms with Crippen molar-refractivity contribution in [1.29, 1.82) is 0 Å². The van der Waals surface area contributed by atoms with Gasteiger partial charge >= 0.3 is 0 Å². The minimum atomic E-state index is -0.247. The highest BCUT2D eigenvalue weighted by atomic mass is 16.5. The van der Waals surface area contributed by atoms with Gasteiger partial charge in [-0.25, -0.2) is 4.98 Å². The van der Waals surface area contributed by atoms with Crippen LogP contribution in [0.5, 0.6) is 11.5 Å². The largest absolute Gasteiger partial charge is 0.483 e. The second-order valence-electron chi connectivity index (χ2n) is 7.61. The van der Waals surface area contributed by atoms with Crippen LogP contribution in [-0.4, -0.2) is 27.7 Å². The summed E-state index contributed by atoms with van der Waals surface area (Å²) in [7, 11) is 0. The van der Waals surface area contributed by atoms with Gasteiger partial charge in [-0.15, -0.1) is 0 Å². The summed E-state index contributed by atoms with van der Waals surface area (Å²) in [5.74, 6) is 2.00. The van der Waals surface area contributed by atoms with Crippen molar-refractivity contribution in [2.45, 2.75) is 45.9 Å². The molecule has 1 N–H and O–H groups in total. The number of carbonyl (C=O) groups is 1.